The fourth-order valence-corrected chi connectivity index (χ4v) is 2.60. The second-order valence-corrected chi connectivity index (χ2v) is 6.03. The van der Waals surface area contributed by atoms with Crippen LogP contribution in [0.25, 0.3) is 10.9 Å². The Morgan fingerprint density at radius 2 is 1.83 bits per heavy atom. The number of carbonyl (C=O) groups excluding carboxylic acids is 1. The number of hydrogen-bond acceptors (Lipinski definition) is 3. The number of ketones is 1. The first-order valence-corrected chi connectivity index (χ1v) is 7.81. The highest BCUT2D eigenvalue weighted by Gasteiger charge is 2.12. The Balaban J connectivity index is 2.21. The molecular formula is C19H15ClN2O2. The van der Waals surface area contributed by atoms with Gasteiger partial charge in [0.2, 0.25) is 0 Å². The van der Waals surface area contributed by atoms with Gasteiger partial charge in [-0.3, -0.25) is 9.59 Å². The molecule has 0 N–H and O–H groups in total. The molecule has 4 nitrogen and oxygen atoms in total. The average molecular weight is 339 g/mol. The summed E-state index contributed by atoms with van der Waals surface area (Å²) in [6.45, 7) is 3.36. The van der Waals surface area contributed by atoms with E-state index in [9.17, 15) is 9.59 Å². The van der Waals surface area contributed by atoms with E-state index >= 15 is 0 Å². The van der Waals surface area contributed by atoms with E-state index < -0.39 is 5.56 Å². The van der Waals surface area contributed by atoms with Crippen LogP contribution in [0, 0.1) is 6.92 Å². The summed E-state index contributed by atoms with van der Waals surface area (Å²) in [7, 11) is 0. The van der Waals surface area contributed by atoms with Crippen molar-refractivity contribution in [2.45, 2.75) is 13.8 Å². The van der Waals surface area contributed by atoms with E-state index in [2.05, 4.69) is 5.10 Å². The smallest absolute Gasteiger partial charge is 0.282 e. The Kier molecular flexibility index (Phi) is 4.32. The van der Waals surface area contributed by atoms with E-state index in [1.807, 2.05) is 31.2 Å². The zero-order chi connectivity index (χ0) is 17.3. The molecule has 0 amide bonds. The number of benzene rings is 2. The van der Waals surface area contributed by atoms with Crippen LogP contribution >= 0.6 is 11.6 Å². The third kappa shape index (κ3) is 3.14. The van der Waals surface area contributed by atoms with E-state index in [4.69, 9.17) is 11.6 Å². The normalized spacial score (nSPS) is 11.3. The molecule has 0 spiro atoms. The fraction of sp³-hybridized carbons (Fsp3) is 0.105. The lowest BCUT2D eigenvalue weighted by molar-refractivity contribution is 0.101. The van der Waals surface area contributed by atoms with Crippen molar-refractivity contribution < 1.29 is 4.79 Å². The topological polar surface area (TPSA) is 51.4 Å². The van der Waals surface area contributed by atoms with Crippen LogP contribution in [0.15, 0.2) is 58.4 Å². The number of fused-ring (bicyclic) bond motifs is 1. The largest absolute Gasteiger partial charge is 0.294 e. The maximum Gasteiger partial charge on any atom is 0.282 e. The van der Waals surface area contributed by atoms with E-state index in [0.717, 1.165) is 11.1 Å². The lowest BCUT2D eigenvalue weighted by Gasteiger charge is -2.07. The Morgan fingerprint density at radius 1 is 1.12 bits per heavy atom. The molecule has 0 atom stereocenters. The standard InChI is InChI=1S/C19H15ClN2O2/c1-12-3-5-14(6-4-12)11-21-22-18-8-7-16(20)9-15(18)10-17(13(2)23)19(22)24/h3-11H,1-2H3/b21-11+. The maximum absolute atomic E-state index is 12.6. The molecule has 0 aliphatic carbocycles. The third-order valence-corrected chi connectivity index (χ3v) is 3.95. The number of hydrogen-bond donors (Lipinski definition) is 0. The Hall–Kier alpha value is -2.72. The zero-order valence-electron chi connectivity index (χ0n) is 13.3. The highest BCUT2D eigenvalue weighted by Crippen LogP contribution is 2.19. The molecule has 1 aromatic heterocycles. The predicted molar refractivity (Wildman–Crippen MR) is 97.4 cm³/mol. The number of rotatable bonds is 3. The lowest BCUT2D eigenvalue weighted by Crippen LogP contribution is -2.23. The van der Waals surface area contributed by atoms with Crippen LogP contribution in [0.1, 0.15) is 28.4 Å². The number of aryl methyl sites for hydroxylation is 1. The fourth-order valence-electron chi connectivity index (χ4n) is 2.42. The van der Waals surface area contributed by atoms with E-state index in [1.54, 1.807) is 30.5 Å². The van der Waals surface area contributed by atoms with Crippen molar-refractivity contribution >= 4 is 34.5 Å². The predicted octanol–water partition coefficient (Wildman–Crippen LogP) is 4.05. The monoisotopic (exact) mass is 338 g/mol. The first-order valence-electron chi connectivity index (χ1n) is 7.43. The Labute approximate surface area is 144 Å². The zero-order valence-corrected chi connectivity index (χ0v) is 14.0. The molecular weight excluding hydrogens is 324 g/mol. The van der Waals surface area contributed by atoms with Crippen LogP contribution in [0.4, 0.5) is 0 Å². The van der Waals surface area contributed by atoms with Gasteiger partial charge in [0, 0.05) is 10.4 Å². The van der Waals surface area contributed by atoms with Gasteiger partial charge in [-0.15, -0.1) is 0 Å². The number of nitrogens with zero attached hydrogens (tertiary/aromatic N) is 2. The lowest BCUT2D eigenvalue weighted by atomic mass is 10.1. The van der Waals surface area contributed by atoms with Crippen LogP contribution < -0.4 is 5.56 Å². The molecule has 0 aliphatic heterocycles. The van der Waals surface area contributed by atoms with Crippen molar-refractivity contribution in [2.75, 3.05) is 0 Å². The Morgan fingerprint density at radius 3 is 2.50 bits per heavy atom. The van der Waals surface area contributed by atoms with Gasteiger partial charge in [0.25, 0.3) is 5.56 Å². The minimum Gasteiger partial charge on any atom is -0.294 e. The SMILES string of the molecule is CC(=O)c1cc2cc(Cl)ccc2n(/N=C/c2ccc(C)cc2)c1=O. The van der Waals surface area contributed by atoms with Crippen LogP contribution in [0.5, 0.6) is 0 Å². The molecule has 120 valence electrons. The van der Waals surface area contributed by atoms with Crippen molar-refractivity contribution in [1.29, 1.82) is 0 Å². The number of aromatic nitrogens is 1. The van der Waals surface area contributed by atoms with Crippen molar-refractivity contribution in [1.82, 2.24) is 4.68 Å². The highest BCUT2D eigenvalue weighted by molar-refractivity contribution is 6.31. The van der Waals surface area contributed by atoms with Crippen LogP contribution in [-0.2, 0) is 0 Å². The number of carbonyl (C=O) groups is 1. The van der Waals surface area contributed by atoms with Crippen LogP contribution in [-0.4, -0.2) is 16.7 Å². The molecule has 0 fully saturated rings. The summed E-state index contributed by atoms with van der Waals surface area (Å²) in [5, 5.41) is 5.51. The van der Waals surface area contributed by atoms with Gasteiger partial charge in [-0.1, -0.05) is 41.4 Å². The summed E-state index contributed by atoms with van der Waals surface area (Å²) in [6, 6.07) is 14.4. The number of Topliss-reactive ketones (excluding diaryl/α,β-unsaturated/α-hetero) is 1. The summed E-state index contributed by atoms with van der Waals surface area (Å²) in [5.41, 5.74) is 2.25. The molecule has 3 aromatic rings. The van der Waals surface area contributed by atoms with Gasteiger partial charge in [-0.2, -0.15) is 9.78 Å². The minimum atomic E-state index is -0.444. The number of halogens is 1. The van der Waals surface area contributed by atoms with Gasteiger partial charge < -0.3 is 0 Å². The molecule has 0 unspecified atom stereocenters. The molecule has 3 rings (SSSR count). The maximum atomic E-state index is 12.6. The van der Waals surface area contributed by atoms with Crippen LogP contribution in [0.3, 0.4) is 0 Å². The van der Waals surface area contributed by atoms with Gasteiger partial charge in [-0.25, -0.2) is 0 Å². The van der Waals surface area contributed by atoms with Gasteiger partial charge >= 0.3 is 0 Å². The van der Waals surface area contributed by atoms with Gasteiger partial charge in [0.15, 0.2) is 5.78 Å². The summed E-state index contributed by atoms with van der Waals surface area (Å²) in [4.78, 5) is 24.3. The molecule has 5 heteroatoms. The van der Waals surface area contributed by atoms with Gasteiger partial charge in [-0.05, 0) is 43.7 Å². The third-order valence-electron chi connectivity index (χ3n) is 3.72. The van der Waals surface area contributed by atoms with E-state index in [0.29, 0.717) is 15.9 Å². The summed E-state index contributed by atoms with van der Waals surface area (Å²) >= 11 is 6.02. The molecule has 0 aliphatic rings. The molecule has 1 heterocycles. The number of pyridine rings is 1. The molecule has 24 heavy (non-hydrogen) atoms. The summed E-state index contributed by atoms with van der Waals surface area (Å²) < 4.78 is 1.24. The van der Waals surface area contributed by atoms with Crippen molar-refractivity contribution in [3.05, 3.63) is 80.6 Å². The molecule has 0 saturated heterocycles. The second-order valence-electron chi connectivity index (χ2n) is 5.59. The van der Waals surface area contributed by atoms with E-state index in [-0.39, 0.29) is 11.3 Å². The average Bonchev–Trinajstić information content (AvgIpc) is 2.55. The highest BCUT2D eigenvalue weighted by atomic mass is 35.5. The summed E-state index contributed by atoms with van der Waals surface area (Å²) in [5.74, 6) is -0.304. The van der Waals surface area contributed by atoms with Gasteiger partial charge in [0.05, 0.1) is 17.3 Å². The van der Waals surface area contributed by atoms with Crippen molar-refractivity contribution in [3.8, 4) is 0 Å². The van der Waals surface area contributed by atoms with Crippen molar-refractivity contribution in [3.63, 3.8) is 0 Å². The minimum absolute atomic E-state index is 0.0887. The van der Waals surface area contributed by atoms with E-state index in [1.165, 1.54) is 11.6 Å². The first-order chi connectivity index (χ1) is 11.5. The molecule has 0 saturated carbocycles. The first kappa shape index (κ1) is 16.1. The van der Waals surface area contributed by atoms with Crippen LogP contribution in [0.2, 0.25) is 5.02 Å². The molecule has 2 aromatic carbocycles. The summed E-state index contributed by atoms with van der Waals surface area (Å²) in [6.07, 6.45) is 1.60. The second kappa shape index (κ2) is 6.42. The van der Waals surface area contributed by atoms with Crippen molar-refractivity contribution in [2.24, 2.45) is 5.10 Å². The molecule has 0 bridgehead atoms. The Bertz CT molecular complexity index is 1020. The quantitative estimate of drug-likeness (QED) is 0.534. The van der Waals surface area contributed by atoms with Gasteiger partial charge in [0.1, 0.15) is 0 Å². The molecule has 0 radical (unpaired) electrons.